The topological polar surface area (TPSA) is 84.2 Å². The summed E-state index contributed by atoms with van der Waals surface area (Å²) in [5.41, 5.74) is 1.35. The van der Waals surface area contributed by atoms with Gasteiger partial charge in [-0.1, -0.05) is 6.42 Å². The molecule has 1 rings (SSSR count). The average Bonchev–Trinajstić information content (AvgIpc) is 2.63. The Morgan fingerprint density at radius 2 is 2.11 bits per heavy atom. The summed E-state index contributed by atoms with van der Waals surface area (Å²) in [4.78, 5) is 21.9. The molecule has 0 atom stereocenters. The molecule has 0 aliphatic carbocycles. The van der Waals surface area contributed by atoms with Crippen molar-refractivity contribution in [2.45, 2.75) is 32.6 Å². The lowest BCUT2D eigenvalue weighted by Crippen LogP contribution is -2.25. The molecule has 0 aromatic carbocycles. The van der Waals surface area contributed by atoms with Gasteiger partial charge in [-0.05, 0) is 25.8 Å². The molecule has 18 heavy (non-hydrogen) atoms. The first kappa shape index (κ1) is 14.2. The summed E-state index contributed by atoms with van der Waals surface area (Å²) >= 11 is 0. The first-order valence-electron chi connectivity index (χ1n) is 6.01. The van der Waals surface area contributed by atoms with Gasteiger partial charge in [0.25, 0.3) is 5.91 Å². The van der Waals surface area contributed by atoms with E-state index in [0.717, 1.165) is 18.5 Å². The van der Waals surface area contributed by atoms with E-state index in [1.807, 2.05) is 6.92 Å². The van der Waals surface area contributed by atoms with Crippen LogP contribution in [0.2, 0.25) is 0 Å². The van der Waals surface area contributed by atoms with Gasteiger partial charge in [0, 0.05) is 25.7 Å². The van der Waals surface area contributed by atoms with Crippen LogP contribution in [0.15, 0.2) is 6.07 Å². The van der Waals surface area contributed by atoms with Gasteiger partial charge in [0.05, 0.1) is 0 Å². The highest BCUT2D eigenvalue weighted by Gasteiger charge is 2.09. The zero-order valence-electron chi connectivity index (χ0n) is 10.8. The predicted molar refractivity (Wildman–Crippen MR) is 66.4 cm³/mol. The zero-order valence-corrected chi connectivity index (χ0v) is 10.8. The molecule has 1 aromatic heterocycles. The molecule has 1 aromatic rings. The maximum atomic E-state index is 11.7. The smallest absolute Gasteiger partial charge is 0.303 e. The summed E-state index contributed by atoms with van der Waals surface area (Å²) in [5.74, 6) is -0.958. The molecule has 0 radical (unpaired) electrons. The molecule has 0 aliphatic rings. The lowest BCUT2D eigenvalue weighted by Gasteiger charge is -2.02. The molecule has 1 amide bonds. The average molecular weight is 253 g/mol. The van der Waals surface area contributed by atoms with E-state index in [9.17, 15) is 9.59 Å². The monoisotopic (exact) mass is 253 g/mol. The van der Waals surface area contributed by atoms with Gasteiger partial charge in [0.1, 0.15) is 5.69 Å². The Kier molecular flexibility index (Phi) is 5.35. The van der Waals surface area contributed by atoms with Crippen molar-refractivity contribution in [2.75, 3.05) is 6.54 Å². The van der Waals surface area contributed by atoms with Gasteiger partial charge in [0.15, 0.2) is 0 Å². The number of carbonyl (C=O) groups excluding carboxylic acids is 1. The van der Waals surface area contributed by atoms with E-state index in [1.54, 1.807) is 17.8 Å². The van der Waals surface area contributed by atoms with Crippen LogP contribution in [0, 0.1) is 6.92 Å². The summed E-state index contributed by atoms with van der Waals surface area (Å²) in [6.07, 6.45) is 2.42. The largest absolute Gasteiger partial charge is 0.481 e. The Labute approximate surface area is 106 Å². The molecule has 6 nitrogen and oxygen atoms in total. The second kappa shape index (κ2) is 6.78. The van der Waals surface area contributed by atoms with Crippen molar-refractivity contribution in [3.05, 3.63) is 17.5 Å². The Morgan fingerprint density at radius 1 is 1.39 bits per heavy atom. The number of rotatable bonds is 7. The quantitative estimate of drug-likeness (QED) is 0.713. The lowest BCUT2D eigenvalue weighted by atomic mass is 10.2. The van der Waals surface area contributed by atoms with Crippen LogP contribution in [0.4, 0.5) is 0 Å². The van der Waals surface area contributed by atoms with Crippen LogP contribution in [0.3, 0.4) is 0 Å². The molecule has 0 saturated carbocycles. The van der Waals surface area contributed by atoms with Crippen LogP contribution in [0.5, 0.6) is 0 Å². The van der Waals surface area contributed by atoms with E-state index in [1.165, 1.54) is 0 Å². The molecule has 0 spiro atoms. The van der Waals surface area contributed by atoms with Gasteiger partial charge >= 0.3 is 5.97 Å². The van der Waals surface area contributed by atoms with E-state index in [0.29, 0.717) is 18.7 Å². The third-order valence-corrected chi connectivity index (χ3v) is 2.70. The molecule has 1 heterocycles. The normalized spacial score (nSPS) is 10.3. The van der Waals surface area contributed by atoms with Crippen LogP contribution in [-0.2, 0) is 11.8 Å². The number of carboxylic acids is 1. The first-order valence-corrected chi connectivity index (χ1v) is 6.01. The van der Waals surface area contributed by atoms with E-state index in [4.69, 9.17) is 5.11 Å². The highest BCUT2D eigenvalue weighted by Crippen LogP contribution is 2.02. The van der Waals surface area contributed by atoms with Crippen molar-refractivity contribution in [2.24, 2.45) is 7.05 Å². The number of aromatic nitrogens is 2. The summed E-state index contributed by atoms with van der Waals surface area (Å²) in [5, 5.41) is 15.3. The third kappa shape index (κ3) is 4.57. The molecular weight excluding hydrogens is 234 g/mol. The van der Waals surface area contributed by atoms with Crippen LogP contribution >= 0.6 is 0 Å². The fraction of sp³-hybridized carbons (Fsp3) is 0.583. The highest BCUT2D eigenvalue weighted by molar-refractivity contribution is 5.92. The molecule has 0 bridgehead atoms. The maximum Gasteiger partial charge on any atom is 0.303 e. The van der Waals surface area contributed by atoms with Crippen molar-refractivity contribution in [1.29, 1.82) is 0 Å². The number of nitrogens with one attached hydrogen (secondary N) is 1. The molecule has 0 aliphatic heterocycles. The fourth-order valence-corrected chi connectivity index (χ4v) is 1.54. The van der Waals surface area contributed by atoms with Crippen LogP contribution in [0.1, 0.15) is 41.9 Å². The summed E-state index contributed by atoms with van der Waals surface area (Å²) in [6, 6.07) is 1.74. The number of carboxylic acid groups (broad SMARTS) is 1. The first-order chi connectivity index (χ1) is 8.50. The van der Waals surface area contributed by atoms with Gasteiger partial charge in [-0.2, -0.15) is 5.10 Å². The maximum absolute atomic E-state index is 11.7. The third-order valence-electron chi connectivity index (χ3n) is 2.70. The van der Waals surface area contributed by atoms with Gasteiger partial charge in [0.2, 0.25) is 0 Å². The number of hydrogen-bond donors (Lipinski definition) is 2. The van der Waals surface area contributed by atoms with Crippen LogP contribution in [0.25, 0.3) is 0 Å². The number of carbonyl (C=O) groups is 2. The van der Waals surface area contributed by atoms with Crippen molar-refractivity contribution >= 4 is 11.9 Å². The SMILES string of the molecule is Cc1cc(C(=O)NCCCCCC(=O)O)nn1C. The number of aliphatic carboxylic acids is 1. The van der Waals surface area contributed by atoms with E-state index in [-0.39, 0.29) is 12.3 Å². The molecule has 6 heteroatoms. The van der Waals surface area contributed by atoms with E-state index in [2.05, 4.69) is 10.4 Å². The van der Waals surface area contributed by atoms with Crippen molar-refractivity contribution in [3.8, 4) is 0 Å². The fourth-order valence-electron chi connectivity index (χ4n) is 1.54. The molecule has 0 saturated heterocycles. The van der Waals surface area contributed by atoms with Crippen LogP contribution < -0.4 is 5.32 Å². The van der Waals surface area contributed by atoms with Gasteiger partial charge in [-0.3, -0.25) is 14.3 Å². The predicted octanol–water partition coefficient (Wildman–Crippen LogP) is 1.10. The van der Waals surface area contributed by atoms with Gasteiger partial charge in [-0.25, -0.2) is 0 Å². The second-order valence-electron chi connectivity index (χ2n) is 4.25. The van der Waals surface area contributed by atoms with Gasteiger partial charge in [-0.15, -0.1) is 0 Å². The minimum atomic E-state index is -0.775. The van der Waals surface area contributed by atoms with Crippen molar-refractivity contribution in [3.63, 3.8) is 0 Å². The number of unbranched alkanes of at least 4 members (excludes halogenated alkanes) is 2. The molecule has 2 N–H and O–H groups in total. The minimum absolute atomic E-state index is 0.183. The van der Waals surface area contributed by atoms with Crippen molar-refractivity contribution < 1.29 is 14.7 Å². The molecule has 0 unspecified atom stereocenters. The Bertz CT molecular complexity index is 407. The van der Waals surface area contributed by atoms with Gasteiger partial charge < -0.3 is 10.4 Å². The van der Waals surface area contributed by atoms with Crippen molar-refractivity contribution in [1.82, 2.24) is 15.1 Å². The molecule has 0 fully saturated rings. The molecular formula is C12H19N3O3. The standard InChI is InChI=1S/C12H19N3O3/c1-9-8-10(14-15(9)2)12(18)13-7-5-3-4-6-11(16)17/h8H,3-7H2,1-2H3,(H,13,18)(H,16,17). The van der Waals surface area contributed by atoms with E-state index < -0.39 is 5.97 Å². The molecule has 100 valence electrons. The number of amides is 1. The van der Waals surface area contributed by atoms with E-state index >= 15 is 0 Å². The number of hydrogen-bond acceptors (Lipinski definition) is 3. The number of aryl methyl sites for hydroxylation is 2. The lowest BCUT2D eigenvalue weighted by molar-refractivity contribution is -0.137. The summed E-state index contributed by atoms with van der Waals surface area (Å²) in [6.45, 7) is 2.43. The zero-order chi connectivity index (χ0) is 13.5. The second-order valence-corrected chi connectivity index (χ2v) is 4.25. The Balaban J connectivity index is 2.19. The highest BCUT2D eigenvalue weighted by atomic mass is 16.4. The summed E-state index contributed by atoms with van der Waals surface area (Å²) < 4.78 is 1.65. The minimum Gasteiger partial charge on any atom is -0.481 e. The van der Waals surface area contributed by atoms with Crippen LogP contribution in [-0.4, -0.2) is 33.3 Å². The summed E-state index contributed by atoms with van der Waals surface area (Å²) in [7, 11) is 1.79. The Hall–Kier alpha value is -1.85. The number of nitrogens with zero attached hydrogens (tertiary/aromatic N) is 2. The Morgan fingerprint density at radius 3 is 2.67 bits per heavy atom.